The number of nitrogens with zero attached hydrogens (tertiary/aromatic N) is 2. The van der Waals surface area contributed by atoms with Crippen molar-refractivity contribution in [2.45, 2.75) is 30.6 Å². The van der Waals surface area contributed by atoms with Crippen molar-refractivity contribution in [2.75, 3.05) is 6.61 Å². The van der Waals surface area contributed by atoms with Crippen LogP contribution in [0, 0.1) is 24.0 Å². The van der Waals surface area contributed by atoms with Crippen molar-refractivity contribution in [3.05, 3.63) is 51.3 Å². The highest BCUT2D eigenvalue weighted by Crippen LogP contribution is 2.29. The van der Waals surface area contributed by atoms with Crippen LogP contribution < -0.4 is 0 Å². The second-order valence-corrected chi connectivity index (χ2v) is 7.39. The molecule has 9 heteroatoms. The summed E-state index contributed by atoms with van der Waals surface area (Å²) in [5.41, 5.74) is 0.580. The Morgan fingerprint density at radius 2 is 1.92 bits per heavy atom. The van der Waals surface area contributed by atoms with Crippen LogP contribution in [-0.4, -0.2) is 30.5 Å². The van der Waals surface area contributed by atoms with Gasteiger partial charge in [-0.15, -0.1) is 0 Å². The molecular weight excluding hydrogens is 348 g/mol. The van der Waals surface area contributed by atoms with Crippen molar-refractivity contribution in [2.24, 2.45) is 7.05 Å². The minimum absolute atomic E-state index is 0.0358. The number of carbonyl (C=O) groups excluding carboxylic acids is 1. The van der Waals surface area contributed by atoms with Crippen molar-refractivity contribution in [3.8, 4) is 0 Å². The van der Waals surface area contributed by atoms with E-state index in [2.05, 4.69) is 0 Å². The lowest BCUT2D eigenvalue weighted by atomic mass is 10.2. The fourth-order valence-corrected chi connectivity index (χ4v) is 4.10. The average Bonchev–Trinajstić information content (AvgIpc) is 2.83. The summed E-state index contributed by atoms with van der Waals surface area (Å²) in [4.78, 5) is 22.2. The van der Waals surface area contributed by atoms with Crippen LogP contribution in [0.15, 0.2) is 34.1 Å². The molecule has 0 bridgehead atoms. The summed E-state index contributed by atoms with van der Waals surface area (Å²) in [6, 6.07) is 4.87. The molecule has 2 rings (SSSR count). The Hall–Kier alpha value is -2.68. The quantitative estimate of drug-likeness (QED) is 0.457. The van der Waals surface area contributed by atoms with Crippen molar-refractivity contribution >= 4 is 21.5 Å². The van der Waals surface area contributed by atoms with E-state index in [-0.39, 0.29) is 33.3 Å². The van der Waals surface area contributed by atoms with E-state index in [1.165, 1.54) is 29.7 Å². The molecular formula is C16H18N2O6S. The van der Waals surface area contributed by atoms with Gasteiger partial charge in [-0.05, 0) is 39.0 Å². The molecule has 0 radical (unpaired) electrons. The largest absolute Gasteiger partial charge is 0.461 e. The summed E-state index contributed by atoms with van der Waals surface area (Å²) < 4.78 is 32.2. The number of benzene rings is 1. The molecule has 0 atom stereocenters. The van der Waals surface area contributed by atoms with Crippen LogP contribution in [0.3, 0.4) is 0 Å². The molecule has 0 aliphatic rings. The molecule has 0 saturated heterocycles. The van der Waals surface area contributed by atoms with Crippen LogP contribution in [0.25, 0.3) is 0 Å². The maximum atomic E-state index is 12.9. The number of sulfone groups is 1. The van der Waals surface area contributed by atoms with Gasteiger partial charge in [-0.1, -0.05) is 0 Å². The second-order valence-electron chi connectivity index (χ2n) is 5.47. The lowest BCUT2D eigenvalue weighted by Crippen LogP contribution is -2.10. The Morgan fingerprint density at radius 3 is 2.44 bits per heavy atom. The molecule has 1 aromatic carbocycles. The molecule has 0 spiro atoms. The molecule has 0 fully saturated rings. The van der Waals surface area contributed by atoms with E-state index in [1.807, 2.05) is 0 Å². The smallest absolute Gasteiger partial charge is 0.354 e. The van der Waals surface area contributed by atoms with Gasteiger partial charge in [0.2, 0.25) is 9.84 Å². The van der Waals surface area contributed by atoms with Gasteiger partial charge in [0.15, 0.2) is 0 Å². The summed E-state index contributed by atoms with van der Waals surface area (Å²) in [5.74, 6) is -0.616. The van der Waals surface area contributed by atoms with E-state index in [9.17, 15) is 23.3 Å². The number of hydrogen-bond donors (Lipinski definition) is 0. The summed E-state index contributed by atoms with van der Waals surface area (Å²) in [6.07, 6.45) is 0. The number of esters is 1. The van der Waals surface area contributed by atoms with Gasteiger partial charge in [0, 0.05) is 24.4 Å². The van der Waals surface area contributed by atoms with E-state index in [4.69, 9.17) is 4.74 Å². The van der Waals surface area contributed by atoms with Gasteiger partial charge in [-0.2, -0.15) is 0 Å². The van der Waals surface area contributed by atoms with Crippen LogP contribution in [0.4, 0.5) is 5.69 Å². The molecule has 8 nitrogen and oxygen atoms in total. The van der Waals surface area contributed by atoms with Crippen LogP contribution in [0.1, 0.15) is 28.7 Å². The van der Waals surface area contributed by atoms with Crippen LogP contribution >= 0.6 is 0 Å². The molecule has 2 aromatic rings. The SMILES string of the molecule is CCOC(=O)c1cc(S(=O)(=O)c2ccc([N+](=O)[O-])c(C)c2)c(C)n1C. The number of nitro groups is 1. The Morgan fingerprint density at radius 1 is 1.28 bits per heavy atom. The number of ether oxygens (including phenoxy) is 1. The van der Waals surface area contributed by atoms with Gasteiger partial charge in [0.05, 0.1) is 21.3 Å². The first kappa shape index (κ1) is 18.7. The van der Waals surface area contributed by atoms with Crippen LogP contribution in [0.5, 0.6) is 0 Å². The Bertz CT molecular complexity index is 959. The van der Waals surface area contributed by atoms with Gasteiger partial charge in [0.25, 0.3) is 5.69 Å². The maximum absolute atomic E-state index is 12.9. The van der Waals surface area contributed by atoms with Gasteiger partial charge < -0.3 is 9.30 Å². The van der Waals surface area contributed by atoms with E-state index in [0.717, 1.165) is 6.07 Å². The number of carbonyl (C=O) groups is 1. The zero-order chi connectivity index (χ0) is 18.9. The molecule has 1 aromatic heterocycles. The molecule has 0 unspecified atom stereocenters. The molecule has 0 saturated carbocycles. The summed E-state index contributed by atoms with van der Waals surface area (Å²) in [5, 5.41) is 10.9. The standard InChI is InChI=1S/C16H18N2O6S/c1-5-24-16(19)14-9-15(11(3)17(14)4)25(22,23)12-6-7-13(18(20)21)10(2)8-12/h6-9H,5H2,1-4H3. The highest BCUT2D eigenvalue weighted by atomic mass is 32.2. The minimum Gasteiger partial charge on any atom is -0.461 e. The number of nitro benzene ring substituents is 1. The van der Waals surface area contributed by atoms with Crippen molar-refractivity contribution < 1.29 is 22.9 Å². The molecule has 0 aliphatic heterocycles. The van der Waals surface area contributed by atoms with E-state index < -0.39 is 20.7 Å². The fourth-order valence-electron chi connectivity index (χ4n) is 2.47. The first-order valence-electron chi connectivity index (χ1n) is 7.44. The molecule has 0 N–H and O–H groups in total. The third-order valence-corrected chi connectivity index (χ3v) is 5.81. The number of hydrogen-bond acceptors (Lipinski definition) is 6. The first-order chi connectivity index (χ1) is 11.6. The average molecular weight is 366 g/mol. The van der Waals surface area contributed by atoms with Gasteiger partial charge >= 0.3 is 5.97 Å². The Labute approximate surface area is 145 Å². The number of aromatic nitrogens is 1. The van der Waals surface area contributed by atoms with E-state index in [0.29, 0.717) is 5.69 Å². The maximum Gasteiger partial charge on any atom is 0.354 e. The normalized spacial score (nSPS) is 11.4. The zero-order valence-corrected chi connectivity index (χ0v) is 15.1. The third kappa shape index (κ3) is 3.27. The Balaban J connectivity index is 2.58. The lowest BCUT2D eigenvalue weighted by molar-refractivity contribution is -0.385. The third-order valence-electron chi connectivity index (χ3n) is 3.94. The highest BCUT2D eigenvalue weighted by molar-refractivity contribution is 7.91. The lowest BCUT2D eigenvalue weighted by Gasteiger charge is -2.06. The Kier molecular flexibility index (Phi) is 4.98. The number of rotatable bonds is 5. The first-order valence-corrected chi connectivity index (χ1v) is 8.93. The van der Waals surface area contributed by atoms with E-state index in [1.54, 1.807) is 20.9 Å². The monoisotopic (exact) mass is 366 g/mol. The zero-order valence-electron chi connectivity index (χ0n) is 14.3. The van der Waals surface area contributed by atoms with E-state index >= 15 is 0 Å². The van der Waals surface area contributed by atoms with Gasteiger partial charge in [-0.25, -0.2) is 13.2 Å². The minimum atomic E-state index is -3.94. The van der Waals surface area contributed by atoms with Crippen molar-refractivity contribution in [1.82, 2.24) is 4.57 Å². The van der Waals surface area contributed by atoms with Crippen LogP contribution in [0.2, 0.25) is 0 Å². The fraction of sp³-hybridized carbons (Fsp3) is 0.312. The summed E-state index contributed by atoms with van der Waals surface area (Å²) >= 11 is 0. The van der Waals surface area contributed by atoms with Crippen molar-refractivity contribution in [3.63, 3.8) is 0 Å². The topological polar surface area (TPSA) is 109 Å². The number of aryl methyl sites for hydroxylation is 1. The van der Waals surface area contributed by atoms with Crippen LogP contribution in [-0.2, 0) is 21.6 Å². The second kappa shape index (κ2) is 6.67. The predicted octanol–water partition coefficient (Wildman–Crippen LogP) is 2.56. The predicted molar refractivity (Wildman–Crippen MR) is 89.4 cm³/mol. The molecule has 0 aliphatic carbocycles. The summed E-state index contributed by atoms with van der Waals surface area (Å²) in [7, 11) is -2.36. The highest BCUT2D eigenvalue weighted by Gasteiger charge is 2.27. The molecule has 134 valence electrons. The van der Waals surface area contributed by atoms with Crippen molar-refractivity contribution in [1.29, 1.82) is 0 Å². The molecule has 1 heterocycles. The molecule has 0 amide bonds. The molecule has 25 heavy (non-hydrogen) atoms. The summed E-state index contributed by atoms with van der Waals surface area (Å²) in [6.45, 7) is 4.88. The van der Waals surface area contributed by atoms with Gasteiger partial charge in [-0.3, -0.25) is 10.1 Å². The van der Waals surface area contributed by atoms with Gasteiger partial charge in [0.1, 0.15) is 5.69 Å².